The predicted molar refractivity (Wildman–Crippen MR) is 146 cm³/mol. The molecule has 0 atom stereocenters. The topological polar surface area (TPSA) is 48.5 Å². The van der Waals surface area contributed by atoms with Gasteiger partial charge in [-0.1, -0.05) is 54.1 Å². The van der Waals surface area contributed by atoms with Crippen LogP contribution in [0.15, 0.2) is 97.3 Å². The maximum atomic E-state index is 12.5. The quantitative estimate of drug-likeness (QED) is 0.376. The zero-order valence-corrected chi connectivity index (χ0v) is 20.7. The number of carbonyl (C=O) groups is 1. The molecule has 0 spiro atoms. The van der Waals surface area contributed by atoms with Crippen molar-refractivity contribution in [3.8, 4) is 11.1 Å². The fraction of sp³-hybridized carbons (Fsp3) is 0.226. The van der Waals surface area contributed by atoms with Crippen molar-refractivity contribution in [2.24, 2.45) is 0 Å². The molecular weight excluding hydrogens is 444 g/mol. The highest BCUT2D eigenvalue weighted by molar-refractivity contribution is 6.04. The van der Waals surface area contributed by atoms with Crippen LogP contribution in [0, 0.1) is 6.92 Å². The van der Waals surface area contributed by atoms with Crippen molar-refractivity contribution >= 4 is 11.6 Å². The van der Waals surface area contributed by atoms with Crippen molar-refractivity contribution < 1.29 is 4.79 Å². The van der Waals surface area contributed by atoms with Gasteiger partial charge in [0.1, 0.15) is 0 Å². The Morgan fingerprint density at radius 2 is 1.19 bits per heavy atom. The SMILES string of the molecule is Cc1ccc(C(=O)Nc2ccc(-c3ccc(CN4CCN(Cc5ccncc5)CC4)cc3)cc2)cc1. The third kappa shape index (κ3) is 6.25. The molecule has 0 unspecified atom stereocenters. The number of hydrogen-bond acceptors (Lipinski definition) is 4. The van der Waals surface area contributed by atoms with Gasteiger partial charge in [0.05, 0.1) is 0 Å². The Morgan fingerprint density at radius 3 is 1.75 bits per heavy atom. The van der Waals surface area contributed by atoms with Crippen molar-refractivity contribution in [3.63, 3.8) is 0 Å². The molecule has 36 heavy (non-hydrogen) atoms. The van der Waals surface area contributed by atoms with Crippen molar-refractivity contribution in [1.29, 1.82) is 0 Å². The molecule has 0 radical (unpaired) electrons. The monoisotopic (exact) mass is 476 g/mol. The first-order valence-electron chi connectivity index (χ1n) is 12.5. The number of hydrogen-bond donors (Lipinski definition) is 1. The second kappa shape index (κ2) is 11.3. The molecule has 182 valence electrons. The van der Waals surface area contributed by atoms with Gasteiger partial charge in [-0.05, 0) is 65.6 Å². The summed E-state index contributed by atoms with van der Waals surface area (Å²) in [5, 5.41) is 2.98. The van der Waals surface area contributed by atoms with E-state index in [4.69, 9.17) is 0 Å². The fourth-order valence-electron chi connectivity index (χ4n) is 4.57. The van der Waals surface area contributed by atoms with E-state index in [-0.39, 0.29) is 5.91 Å². The van der Waals surface area contributed by atoms with Crippen molar-refractivity contribution in [1.82, 2.24) is 14.8 Å². The van der Waals surface area contributed by atoms with Crippen molar-refractivity contribution in [2.75, 3.05) is 31.5 Å². The lowest BCUT2D eigenvalue weighted by Gasteiger charge is -2.34. The molecule has 2 heterocycles. The summed E-state index contributed by atoms with van der Waals surface area (Å²) in [5.41, 5.74) is 7.58. The van der Waals surface area contributed by atoms with Crippen LogP contribution in [-0.2, 0) is 13.1 Å². The average molecular weight is 477 g/mol. The summed E-state index contributed by atoms with van der Waals surface area (Å²) < 4.78 is 0. The summed E-state index contributed by atoms with van der Waals surface area (Å²) in [7, 11) is 0. The lowest BCUT2D eigenvalue weighted by Crippen LogP contribution is -2.45. The van der Waals surface area contributed by atoms with Crippen LogP contribution in [0.2, 0.25) is 0 Å². The van der Waals surface area contributed by atoms with Gasteiger partial charge in [-0.15, -0.1) is 0 Å². The van der Waals surface area contributed by atoms with Crippen LogP contribution >= 0.6 is 0 Å². The van der Waals surface area contributed by atoms with Crippen LogP contribution in [0.25, 0.3) is 11.1 Å². The van der Waals surface area contributed by atoms with E-state index in [9.17, 15) is 4.79 Å². The molecule has 1 aliphatic heterocycles. The molecule has 4 aromatic rings. The lowest BCUT2D eigenvalue weighted by molar-refractivity contribution is 0.102. The molecule has 3 aromatic carbocycles. The van der Waals surface area contributed by atoms with E-state index in [0.29, 0.717) is 5.56 Å². The summed E-state index contributed by atoms with van der Waals surface area (Å²) in [6.45, 7) is 8.35. The van der Waals surface area contributed by atoms with Crippen LogP contribution < -0.4 is 5.32 Å². The number of nitrogens with zero attached hydrogens (tertiary/aromatic N) is 3. The molecule has 1 aliphatic rings. The molecule has 0 bridgehead atoms. The summed E-state index contributed by atoms with van der Waals surface area (Å²) in [4.78, 5) is 21.6. The number of pyridine rings is 1. The van der Waals surface area contributed by atoms with Crippen LogP contribution in [0.5, 0.6) is 0 Å². The maximum absolute atomic E-state index is 12.5. The normalized spacial score (nSPS) is 14.5. The number of aromatic nitrogens is 1. The zero-order valence-electron chi connectivity index (χ0n) is 20.7. The van der Waals surface area contributed by atoms with Crippen LogP contribution in [0.1, 0.15) is 27.0 Å². The van der Waals surface area contributed by atoms with Crippen LogP contribution in [0.3, 0.4) is 0 Å². The standard InChI is InChI=1S/C31H32N4O/c1-24-2-6-29(7-3-24)31(36)33-30-12-10-28(11-13-30)27-8-4-25(5-9-27)22-34-18-20-35(21-19-34)23-26-14-16-32-17-15-26/h2-17H,18-23H2,1H3,(H,33,36). The minimum absolute atomic E-state index is 0.0923. The number of rotatable bonds is 7. The third-order valence-corrected chi connectivity index (χ3v) is 6.77. The Kier molecular flexibility index (Phi) is 7.50. The van der Waals surface area contributed by atoms with Crippen molar-refractivity contribution in [3.05, 3.63) is 120 Å². The van der Waals surface area contributed by atoms with E-state index in [1.807, 2.05) is 55.7 Å². The number of amides is 1. The molecule has 0 aliphatic carbocycles. The molecule has 1 N–H and O–H groups in total. The predicted octanol–water partition coefficient (Wildman–Crippen LogP) is 5.63. The van der Waals surface area contributed by atoms with Gasteiger partial charge < -0.3 is 5.32 Å². The minimum atomic E-state index is -0.0923. The maximum Gasteiger partial charge on any atom is 0.255 e. The molecule has 5 rings (SSSR count). The summed E-state index contributed by atoms with van der Waals surface area (Å²) in [5.74, 6) is -0.0923. The highest BCUT2D eigenvalue weighted by atomic mass is 16.1. The molecule has 1 saturated heterocycles. The van der Waals surface area contributed by atoms with Gasteiger partial charge in [0, 0.05) is 62.9 Å². The highest BCUT2D eigenvalue weighted by Gasteiger charge is 2.17. The van der Waals surface area contributed by atoms with E-state index in [0.717, 1.165) is 56.1 Å². The van der Waals surface area contributed by atoms with E-state index in [1.54, 1.807) is 0 Å². The molecular formula is C31H32N4O. The number of anilines is 1. The second-order valence-electron chi connectivity index (χ2n) is 9.50. The molecule has 0 saturated carbocycles. The second-order valence-corrected chi connectivity index (χ2v) is 9.50. The van der Waals surface area contributed by atoms with Gasteiger partial charge in [0.15, 0.2) is 0 Å². The highest BCUT2D eigenvalue weighted by Crippen LogP contribution is 2.23. The average Bonchev–Trinajstić information content (AvgIpc) is 2.92. The lowest BCUT2D eigenvalue weighted by atomic mass is 10.0. The smallest absolute Gasteiger partial charge is 0.255 e. The summed E-state index contributed by atoms with van der Waals surface area (Å²) in [6.07, 6.45) is 3.74. The van der Waals surface area contributed by atoms with E-state index in [2.05, 4.69) is 68.6 Å². The van der Waals surface area contributed by atoms with E-state index < -0.39 is 0 Å². The van der Waals surface area contributed by atoms with Gasteiger partial charge in [0.25, 0.3) is 5.91 Å². The Bertz CT molecular complexity index is 1260. The van der Waals surface area contributed by atoms with Gasteiger partial charge in [-0.3, -0.25) is 19.6 Å². The number of nitrogens with one attached hydrogen (secondary N) is 1. The minimum Gasteiger partial charge on any atom is -0.322 e. The first-order chi connectivity index (χ1) is 17.6. The number of piperazine rings is 1. The van der Waals surface area contributed by atoms with E-state index in [1.165, 1.54) is 16.7 Å². The Hall–Kier alpha value is -3.80. The summed E-state index contributed by atoms with van der Waals surface area (Å²) in [6, 6.07) is 28.7. The Labute approximate surface area is 213 Å². The van der Waals surface area contributed by atoms with Crippen molar-refractivity contribution in [2.45, 2.75) is 20.0 Å². The van der Waals surface area contributed by atoms with Gasteiger partial charge in [-0.25, -0.2) is 0 Å². The first-order valence-corrected chi connectivity index (χ1v) is 12.5. The number of carbonyl (C=O) groups excluding carboxylic acids is 1. The summed E-state index contributed by atoms with van der Waals surface area (Å²) >= 11 is 0. The van der Waals surface area contributed by atoms with Gasteiger partial charge in [0.2, 0.25) is 0 Å². The van der Waals surface area contributed by atoms with Crippen LogP contribution in [-0.4, -0.2) is 46.9 Å². The molecule has 5 heteroatoms. The molecule has 1 amide bonds. The first kappa shape index (κ1) is 23.9. The Balaban J connectivity index is 1.12. The number of aryl methyl sites for hydroxylation is 1. The largest absolute Gasteiger partial charge is 0.322 e. The van der Waals surface area contributed by atoms with E-state index >= 15 is 0 Å². The zero-order chi connectivity index (χ0) is 24.7. The van der Waals surface area contributed by atoms with Gasteiger partial charge >= 0.3 is 0 Å². The van der Waals surface area contributed by atoms with Crippen LogP contribution in [0.4, 0.5) is 5.69 Å². The molecule has 5 nitrogen and oxygen atoms in total. The molecule has 1 aromatic heterocycles. The van der Waals surface area contributed by atoms with Gasteiger partial charge in [-0.2, -0.15) is 0 Å². The third-order valence-electron chi connectivity index (χ3n) is 6.77. The Morgan fingerprint density at radius 1 is 0.694 bits per heavy atom. The number of benzene rings is 3. The molecule has 1 fully saturated rings. The fourth-order valence-corrected chi connectivity index (χ4v) is 4.57.